The van der Waals surface area contributed by atoms with E-state index in [1.807, 2.05) is 0 Å². The van der Waals surface area contributed by atoms with Gasteiger partial charge < -0.3 is 0 Å². The quantitative estimate of drug-likeness (QED) is 0.418. The van der Waals surface area contributed by atoms with E-state index in [0.29, 0.717) is 5.92 Å². The molecule has 29 heavy (non-hydrogen) atoms. The second-order valence-electron chi connectivity index (χ2n) is 10.6. The van der Waals surface area contributed by atoms with Gasteiger partial charge in [-0.1, -0.05) is 39.0 Å². The maximum absolute atomic E-state index is 13.6. The Labute approximate surface area is 176 Å². The van der Waals surface area contributed by atoms with Gasteiger partial charge in [0.1, 0.15) is 11.6 Å². The molecule has 0 amide bonds. The molecule has 0 aromatic heterocycles. The Kier molecular flexibility index (Phi) is 7.30. The molecule has 0 unspecified atom stereocenters. The van der Waals surface area contributed by atoms with Gasteiger partial charge >= 0.3 is 0 Å². The van der Waals surface area contributed by atoms with Crippen LogP contribution >= 0.6 is 0 Å². The van der Waals surface area contributed by atoms with E-state index in [1.54, 1.807) is 12.1 Å². The molecule has 3 aliphatic carbocycles. The van der Waals surface area contributed by atoms with Crippen LogP contribution < -0.4 is 0 Å². The molecule has 0 spiro atoms. The van der Waals surface area contributed by atoms with E-state index in [4.69, 9.17) is 0 Å². The summed E-state index contributed by atoms with van der Waals surface area (Å²) < 4.78 is 27.2. The Morgan fingerprint density at radius 2 is 1.28 bits per heavy atom. The minimum atomic E-state index is -0.425. The Morgan fingerprint density at radius 1 is 0.690 bits per heavy atom. The average molecular weight is 403 g/mol. The number of hydrogen-bond donors (Lipinski definition) is 0. The summed E-state index contributed by atoms with van der Waals surface area (Å²) >= 11 is 0. The molecule has 4 rings (SSSR count). The van der Waals surface area contributed by atoms with Crippen LogP contribution in [-0.2, 0) is 0 Å². The van der Waals surface area contributed by atoms with Crippen molar-refractivity contribution in [3.05, 3.63) is 35.4 Å². The highest BCUT2D eigenvalue weighted by Crippen LogP contribution is 2.50. The van der Waals surface area contributed by atoms with E-state index in [-0.39, 0.29) is 0 Å². The van der Waals surface area contributed by atoms with Crippen LogP contribution in [0.3, 0.4) is 0 Å². The smallest absolute Gasteiger partial charge is 0.126 e. The summed E-state index contributed by atoms with van der Waals surface area (Å²) in [6.07, 6.45) is 19.3. The maximum Gasteiger partial charge on any atom is 0.126 e. The molecule has 162 valence electrons. The Morgan fingerprint density at radius 3 is 1.97 bits per heavy atom. The molecule has 0 aliphatic heterocycles. The minimum Gasteiger partial charge on any atom is -0.207 e. The zero-order valence-corrected chi connectivity index (χ0v) is 18.4. The lowest BCUT2D eigenvalue weighted by Gasteiger charge is -2.45. The molecule has 3 fully saturated rings. The normalized spacial score (nSPS) is 35.3. The summed E-state index contributed by atoms with van der Waals surface area (Å²) in [4.78, 5) is 0. The van der Waals surface area contributed by atoms with Gasteiger partial charge in [-0.3, -0.25) is 0 Å². The summed E-state index contributed by atoms with van der Waals surface area (Å²) in [5, 5.41) is 0. The Hall–Kier alpha value is -0.920. The van der Waals surface area contributed by atoms with Crippen LogP contribution in [0.15, 0.2) is 18.2 Å². The SMILES string of the molecule is CCCCC[C@H]1CC[C@@H]2C[C@H](C3CCC(c4cc(F)cc(F)c4)CC3)CC[C@H]2C1. The summed E-state index contributed by atoms with van der Waals surface area (Å²) in [7, 11) is 0. The summed E-state index contributed by atoms with van der Waals surface area (Å²) in [6, 6.07) is 4.10. The first kappa shape index (κ1) is 21.3. The molecule has 0 bridgehead atoms. The second kappa shape index (κ2) is 9.92. The van der Waals surface area contributed by atoms with Crippen molar-refractivity contribution >= 4 is 0 Å². The molecule has 0 radical (unpaired) electrons. The van der Waals surface area contributed by atoms with E-state index in [0.717, 1.165) is 54.1 Å². The molecular formula is C27H40F2. The minimum absolute atomic E-state index is 0.353. The van der Waals surface area contributed by atoms with Gasteiger partial charge in [-0.2, -0.15) is 0 Å². The first-order valence-electron chi connectivity index (χ1n) is 12.6. The van der Waals surface area contributed by atoms with Crippen molar-refractivity contribution in [1.29, 1.82) is 0 Å². The third-order valence-electron chi connectivity index (χ3n) is 8.77. The Bertz CT molecular complexity index is 626. The van der Waals surface area contributed by atoms with Gasteiger partial charge in [-0.15, -0.1) is 0 Å². The lowest BCUT2D eigenvalue weighted by molar-refractivity contribution is 0.0613. The molecule has 0 saturated heterocycles. The summed E-state index contributed by atoms with van der Waals surface area (Å²) in [5.74, 6) is 4.29. The third kappa shape index (κ3) is 5.42. The van der Waals surface area contributed by atoms with Gasteiger partial charge in [-0.05, 0) is 111 Å². The highest BCUT2D eigenvalue weighted by atomic mass is 19.1. The monoisotopic (exact) mass is 402 g/mol. The number of hydrogen-bond acceptors (Lipinski definition) is 0. The first-order chi connectivity index (χ1) is 14.1. The fourth-order valence-electron chi connectivity index (χ4n) is 7.13. The number of rotatable bonds is 6. The van der Waals surface area contributed by atoms with Crippen LogP contribution in [0.25, 0.3) is 0 Å². The number of unbranched alkanes of at least 4 members (excludes halogenated alkanes) is 2. The summed E-state index contributed by atoms with van der Waals surface area (Å²) in [5.41, 5.74) is 0.881. The van der Waals surface area contributed by atoms with Crippen molar-refractivity contribution in [3.63, 3.8) is 0 Å². The molecular weight excluding hydrogens is 362 g/mol. The molecule has 1 aromatic carbocycles. The fraction of sp³-hybridized carbons (Fsp3) is 0.778. The molecule has 2 heteroatoms. The zero-order chi connectivity index (χ0) is 20.2. The van der Waals surface area contributed by atoms with Gasteiger partial charge in [0.15, 0.2) is 0 Å². The van der Waals surface area contributed by atoms with Crippen molar-refractivity contribution < 1.29 is 8.78 Å². The molecule has 4 atom stereocenters. The van der Waals surface area contributed by atoms with Gasteiger partial charge in [0.2, 0.25) is 0 Å². The standard InChI is InChI=1S/C27H40F2/c1-2-3-4-5-19-6-7-24-15-23(13-12-22(24)14-19)20-8-10-21(11-9-20)25-16-26(28)18-27(29)17-25/h16-24H,2-15H2,1H3/t19-,20?,21?,22-,23+,24+/m0/s1. The molecule has 0 nitrogen and oxygen atoms in total. The predicted molar refractivity (Wildman–Crippen MR) is 117 cm³/mol. The van der Waals surface area contributed by atoms with Crippen molar-refractivity contribution in [3.8, 4) is 0 Å². The van der Waals surface area contributed by atoms with Crippen LogP contribution in [0.4, 0.5) is 8.78 Å². The van der Waals surface area contributed by atoms with Gasteiger partial charge in [0, 0.05) is 6.07 Å². The molecule has 0 N–H and O–H groups in total. The van der Waals surface area contributed by atoms with Crippen LogP contribution in [-0.4, -0.2) is 0 Å². The van der Waals surface area contributed by atoms with Crippen molar-refractivity contribution in [2.75, 3.05) is 0 Å². The van der Waals surface area contributed by atoms with E-state index in [1.165, 1.54) is 77.0 Å². The van der Waals surface area contributed by atoms with Crippen LogP contribution in [0, 0.1) is 41.2 Å². The molecule has 0 heterocycles. The largest absolute Gasteiger partial charge is 0.207 e. The van der Waals surface area contributed by atoms with E-state index in [9.17, 15) is 8.78 Å². The van der Waals surface area contributed by atoms with E-state index >= 15 is 0 Å². The van der Waals surface area contributed by atoms with E-state index < -0.39 is 11.6 Å². The zero-order valence-electron chi connectivity index (χ0n) is 18.4. The summed E-state index contributed by atoms with van der Waals surface area (Å²) in [6.45, 7) is 2.31. The predicted octanol–water partition coefficient (Wildman–Crippen LogP) is 8.65. The highest BCUT2D eigenvalue weighted by molar-refractivity contribution is 5.22. The first-order valence-corrected chi connectivity index (χ1v) is 12.6. The second-order valence-corrected chi connectivity index (χ2v) is 10.6. The highest BCUT2D eigenvalue weighted by Gasteiger charge is 2.38. The molecule has 3 saturated carbocycles. The topological polar surface area (TPSA) is 0 Å². The lowest BCUT2D eigenvalue weighted by atomic mass is 9.60. The molecule has 3 aliphatic rings. The number of halogens is 2. The van der Waals surface area contributed by atoms with Gasteiger partial charge in [-0.25, -0.2) is 8.78 Å². The van der Waals surface area contributed by atoms with Gasteiger partial charge in [0.05, 0.1) is 0 Å². The van der Waals surface area contributed by atoms with Gasteiger partial charge in [0.25, 0.3) is 0 Å². The van der Waals surface area contributed by atoms with Crippen LogP contribution in [0.2, 0.25) is 0 Å². The molecule has 1 aromatic rings. The lowest BCUT2D eigenvalue weighted by Crippen LogP contribution is -2.34. The number of fused-ring (bicyclic) bond motifs is 1. The maximum atomic E-state index is 13.6. The van der Waals surface area contributed by atoms with Crippen molar-refractivity contribution in [1.82, 2.24) is 0 Å². The van der Waals surface area contributed by atoms with Crippen molar-refractivity contribution in [2.45, 2.75) is 103 Å². The number of benzene rings is 1. The van der Waals surface area contributed by atoms with Crippen LogP contribution in [0.5, 0.6) is 0 Å². The average Bonchev–Trinajstić information content (AvgIpc) is 2.73. The Balaban J connectivity index is 1.25. The fourth-order valence-corrected chi connectivity index (χ4v) is 7.13. The third-order valence-corrected chi connectivity index (χ3v) is 8.77. The van der Waals surface area contributed by atoms with E-state index in [2.05, 4.69) is 6.92 Å². The van der Waals surface area contributed by atoms with Crippen molar-refractivity contribution in [2.24, 2.45) is 29.6 Å². The van der Waals surface area contributed by atoms with Crippen LogP contribution in [0.1, 0.15) is 108 Å².